The Morgan fingerprint density at radius 2 is 2.04 bits per heavy atom. The first-order chi connectivity index (χ1) is 12.7. The topological polar surface area (TPSA) is 92.5 Å². The van der Waals surface area contributed by atoms with Crippen molar-refractivity contribution < 1.29 is 4.39 Å². The number of hydrogen-bond acceptors (Lipinski definition) is 6. The van der Waals surface area contributed by atoms with Crippen LogP contribution in [-0.4, -0.2) is 33.0 Å². The Labute approximate surface area is 153 Å². The molecule has 0 fully saturated rings. The molecule has 4 rings (SSSR count). The molecule has 0 saturated carbocycles. The molecule has 2 aromatic carbocycles. The summed E-state index contributed by atoms with van der Waals surface area (Å²) in [4.78, 5) is 0. The van der Waals surface area contributed by atoms with Crippen LogP contribution in [0.1, 0.15) is 5.56 Å². The van der Waals surface area contributed by atoms with Crippen LogP contribution in [0.25, 0.3) is 21.5 Å². The van der Waals surface area contributed by atoms with Crippen LogP contribution in [0.2, 0.25) is 0 Å². The van der Waals surface area contributed by atoms with Crippen molar-refractivity contribution in [1.29, 1.82) is 0 Å². The molecule has 8 heteroatoms. The van der Waals surface area contributed by atoms with Crippen LogP contribution < -0.4 is 11.1 Å². The Bertz CT molecular complexity index is 1010. The molecule has 0 amide bonds. The fourth-order valence-corrected chi connectivity index (χ4v) is 3.51. The number of hydrogen-bond donors (Lipinski definition) is 3. The second kappa shape index (κ2) is 7.19. The highest BCUT2D eigenvalue weighted by atomic mass is 32.1. The predicted octanol–water partition coefficient (Wildman–Crippen LogP) is 3.20. The van der Waals surface area contributed by atoms with Gasteiger partial charge in [-0.2, -0.15) is 5.10 Å². The molecule has 2 heterocycles. The molecule has 4 N–H and O–H groups in total. The summed E-state index contributed by atoms with van der Waals surface area (Å²) in [5, 5.41) is 20.0. The third kappa shape index (κ3) is 3.56. The zero-order valence-corrected chi connectivity index (χ0v) is 14.6. The highest BCUT2D eigenvalue weighted by Crippen LogP contribution is 2.30. The Hall–Kier alpha value is -2.84. The van der Waals surface area contributed by atoms with Gasteiger partial charge in [-0.3, -0.25) is 5.10 Å². The summed E-state index contributed by atoms with van der Waals surface area (Å²) in [7, 11) is 0. The minimum atomic E-state index is -0.356. The van der Waals surface area contributed by atoms with Gasteiger partial charge in [0.25, 0.3) is 0 Å². The minimum absolute atomic E-state index is 0.0521. The van der Waals surface area contributed by atoms with Gasteiger partial charge in [0.2, 0.25) is 5.13 Å². The number of halogens is 1. The van der Waals surface area contributed by atoms with E-state index < -0.39 is 0 Å². The van der Waals surface area contributed by atoms with Crippen LogP contribution >= 0.6 is 11.3 Å². The highest BCUT2D eigenvalue weighted by molar-refractivity contribution is 7.18. The number of H-pyrrole nitrogens is 1. The number of fused-ring (bicyclic) bond motifs is 1. The first-order valence-corrected chi connectivity index (χ1v) is 9.00. The van der Waals surface area contributed by atoms with Gasteiger partial charge in [0.1, 0.15) is 5.82 Å². The van der Waals surface area contributed by atoms with E-state index >= 15 is 0 Å². The summed E-state index contributed by atoms with van der Waals surface area (Å²) in [6.45, 7) is 0.562. The smallest absolute Gasteiger partial charge is 0.206 e. The molecule has 2 aromatic heterocycles. The third-order valence-corrected chi connectivity index (χ3v) is 4.95. The number of aromatic amines is 1. The molecule has 132 valence electrons. The first kappa shape index (κ1) is 16.6. The van der Waals surface area contributed by atoms with Crippen molar-refractivity contribution in [2.24, 2.45) is 5.73 Å². The largest absolute Gasteiger partial charge is 0.359 e. The van der Waals surface area contributed by atoms with Crippen molar-refractivity contribution in [3.05, 3.63) is 60.0 Å². The molecule has 0 aliphatic heterocycles. The Morgan fingerprint density at radius 3 is 2.88 bits per heavy atom. The number of nitrogens with zero attached hydrogens (tertiary/aromatic N) is 3. The van der Waals surface area contributed by atoms with Gasteiger partial charge in [0, 0.05) is 29.6 Å². The summed E-state index contributed by atoms with van der Waals surface area (Å²) >= 11 is 1.30. The SMILES string of the molecule is N[C@H](CNc1nnc(-c2cc3cn[nH]c3cc2F)s1)Cc1ccccc1. The number of rotatable bonds is 6. The average Bonchev–Trinajstić information content (AvgIpc) is 3.29. The lowest BCUT2D eigenvalue weighted by molar-refractivity contribution is 0.632. The molecule has 0 unspecified atom stereocenters. The van der Waals surface area contributed by atoms with E-state index in [0.29, 0.717) is 27.8 Å². The molecule has 0 saturated heterocycles. The first-order valence-electron chi connectivity index (χ1n) is 8.19. The van der Waals surface area contributed by atoms with Crippen molar-refractivity contribution in [2.75, 3.05) is 11.9 Å². The quantitative estimate of drug-likeness (QED) is 0.486. The van der Waals surface area contributed by atoms with Crippen LogP contribution in [0.3, 0.4) is 0 Å². The molecule has 4 aromatic rings. The summed E-state index contributed by atoms with van der Waals surface area (Å²) < 4.78 is 14.3. The van der Waals surface area contributed by atoms with E-state index in [-0.39, 0.29) is 11.9 Å². The van der Waals surface area contributed by atoms with Crippen molar-refractivity contribution in [3.63, 3.8) is 0 Å². The number of benzene rings is 2. The molecule has 26 heavy (non-hydrogen) atoms. The van der Waals surface area contributed by atoms with Crippen LogP contribution in [-0.2, 0) is 6.42 Å². The van der Waals surface area contributed by atoms with E-state index in [4.69, 9.17) is 5.73 Å². The van der Waals surface area contributed by atoms with Crippen LogP contribution in [0, 0.1) is 5.82 Å². The van der Waals surface area contributed by atoms with Crippen molar-refractivity contribution in [2.45, 2.75) is 12.5 Å². The van der Waals surface area contributed by atoms with Gasteiger partial charge in [0.15, 0.2) is 5.01 Å². The zero-order chi connectivity index (χ0) is 17.9. The molecule has 0 aliphatic rings. The normalized spacial score (nSPS) is 12.4. The molecular formula is C18H17FN6S. The highest BCUT2D eigenvalue weighted by Gasteiger charge is 2.14. The van der Waals surface area contributed by atoms with Gasteiger partial charge in [-0.05, 0) is 18.1 Å². The molecule has 1 atom stereocenters. The standard InChI is InChI=1S/C18H17FN6S/c19-15-8-16-12(9-22-23-16)7-14(15)17-24-25-18(26-17)21-10-13(20)6-11-4-2-1-3-5-11/h1-5,7-9,13H,6,10,20H2,(H,21,25)(H,22,23)/t13-/m0/s1. The van der Waals surface area contributed by atoms with E-state index in [1.54, 1.807) is 12.3 Å². The Balaban J connectivity index is 1.43. The van der Waals surface area contributed by atoms with Gasteiger partial charge in [0.05, 0.1) is 11.7 Å². The maximum atomic E-state index is 14.3. The van der Waals surface area contributed by atoms with Crippen molar-refractivity contribution >= 4 is 27.4 Å². The van der Waals surface area contributed by atoms with Crippen LogP contribution in [0.15, 0.2) is 48.7 Å². The van der Waals surface area contributed by atoms with E-state index in [9.17, 15) is 4.39 Å². The number of nitrogens with one attached hydrogen (secondary N) is 2. The molecule has 0 spiro atoms. The lowest BCUT2D eigenvalue weighted by Gasteiger charge is -2.11. The van der Waals surface area contributed by atoms with Crippen LogP contribution in [0.5, 0.6) is 0 Å². The number of nitrogens with two attached hydrogens (primary N) is 1. The fourth-order valence-electron chi connectivity index (χ4n) is 2.74. The zero-order valence-electron chi connectivity index (χ0n) is 13.8. The lowest BCUT2D eigenvalue weighted by Crippen LogP contribution is -2.31. The number of anilines is 1. The van der Waals surface area contributed by atoms with Gasteiger partial charge in [-0.15, -0.1) is 10.2 Å². The van der Waals surface area contributed by atoms with Gasteiger partial charge >= 0.3 is 0 Å². The predicted molar refractivity (Wildman–Crippen MR) is 102 cm³/mol. The summed E-state index contributed by atoms with van der Waals surface area (Å²) in [6, 6.07) is 13.2. The van der Waals surface area contributed by atoms with Crippen LogP contribution in [0.4, 0.5) is 9.52 Å². The van der Waals surface area contributed by atoms with Gasteiger partial charge < -0.3 is 11.1 Å². The monoisotopic (exact) mass is 368 g/mol. The van der Waals surface area contributed by atoms with E-state index in [0.717, 1.165) is 11.8 Å². The summed E-state index contributed by atoms with van der Waals surface area (Å²) in [6.07, 6.45) is 2.42. The van der Waals surface area contributed by atoms with Gasteiger partial charge in [-0.25, -0.2) is 4.39 Å². The Kier molecular flexibility index (Phi) is 4.59. The Morgan fingerprint density at radius 1 is 1.19 bits per heavy atom. The second-order valence-corrected chi connectivity index (χ2v) is 7.01. The lowest BCUT2D eigenvalue weighted by atomic mass is 10.1. The minimum Gasteiger partial charge on any atom is -0.359 e. The maximum Gasteiger partial charge on any atom is 0.206 e. The third-order valence-electron chi connectivity index (χ3n) is 4.04. The van der Waals surface area contributed by atoms with E-state index in [2.05, 4.69) is 37.8 Å². The van der Waals surface area contributed by atoms with Crippen molar-refractivity contribution in [1.82, 2.24) is 20.4 Å². The summed E-state index contributed by atoms with van der Waals surface area (Å²) in [5.41, 5.74) is 8.43. The molecule has 6 nitrogen and oxygen atoms in total. The van der Waals surface area contributed by atoms with E-state index in [1.807, 2.05) is 18.2 Å². The summed E-state index contributed by atoms with van der Waals surface area (Å²) in [5.74, 6) is -0.356. The molecule has 0 radical (unpaired) electrons. The molecule has 0 aliphatic carbocycles. The van der Waals surface area contributed by atoms with Gasteiger partial charge in [-0.1, -0.05) is 41.7 Å². The molecule has 0 bridgehead atoms. The number of aromatic nitrogens is 4. The average molecular weight is 368 g/mol. The van der Waals surface area contributed by atoms with Crippen molar-refractivity contribution in [3.8, 4) is 10.6 Å². The van der Waals surface area contributed by atoms with E-state index in [1.165, 1.54) is 23.0 Å². The molecular weight excluding hydrogens is 351 g/mol. The second-order valence-electron chi connectivity index (χ2n) is 6.03. The maximum absolute atomic E-state index is 14.3. The fraction of sp³-hybridized carbons (Fsp3) is 0.167.